The Morgan fingerprint density at radius 1 is 1.17 bits per heavy atom. The Balaban J connectivity index is 1.29. The van der Waals surface area contributed by atoms with Gasteiger partial charge in [-0.3, -0.25) is 0 Å². The van der Waals surface area contributed by atoms with Crippen LogP contribution in [0.1, 0.15) is 29.5 Å². The van der Waals surface area contributed by atoms with Crippen molar-refractivity contribution in [2.75, 3.05) is 13.1 Å². The summed E-state index contributed by atoms with van der Waals surface area (Å²) in [6.07, 6.45) is 9.90. The minimum absolute atomic E-state index is 0.0611. The van der Waals surface area contributed by atoms with Gasteiger partial charge in [-0.25, -0.2) is 14.8 Å². The number of thiol groups is 1. The summed E-state index contributed by atoms with van der Waals surface area (Å²) in [5.74, 6) is 1.37. The van der Waals surface area contributed by atoms with E-state index < -0.39 is 0 Å². The molecule has 0 saturated carbocycles. The summed E-state index contributed by atoms with van der Waals surface area (Å²) >= 11 is 4.66. The number of benzene rings is 1. The van der Waals surface area contributed by atoms with Crippen LogP contribution >= 0.6 is 12.6 Å². The van der Waals surface area contributed by atoms with Crippen molar-refractivity contribution in [3.8, 4) is 5.75 Å². The zero-order valence-corrected chi connectivity index (χ0v) is 17.0. The molecule has 3 heterocycles. The first-order chi connectivity index (χ1) is 14.1. The van der Waals surface area contributed by atoms with Crippen molar-refractivity contribution in [3.63, 3.8) is 0 Å². The van der Waals surface area contributed by atoms with E-state index in [9.17, 15) is 4.79 Å². The van der Waals surface area contributed by atoms with Crippen molar-refractivity contribution in [1.82, 2.24) is 24.2 Å². The molecule has 1 fully saturated rings. The Morgan fingerprint density at radius 2 is 1.93 bits per heavy atom. The molecule has 0 aliphatic carbocycles. The highest BCUT2D eigenvalue weighted by Crippen LogP contribution is 2.28. The average molecular weight is 414 g/mol. The number of carbonyl (C=O) groups is 1. The summed E-state index contributed by atoms with van der Waals surface area (Å²) in [6.45, 7) is 1.18. The van der Waals surface area contributed by atoms with Crippen LogP contribution in [-0.2, 0) is 7.05 Å². The van der Waals surface area contributed by atoms with Crippen LogP contribution in [0.2, 0.25) is 0 Å². The minimum atomic E-state index is -0.342. The molecule has 1 saturated heterocycles. The van der Waals surface area contributed by atoms with E-state index in [4.69, 9.17) is 9.57 Å². The van der Waals surface area contributed by atoms with Gasteiger partial charge in [-0.1, -0.05) is 12.1 Å². The highest BCUT2D eigenvalue weighted by molar-refractivity contribution is 7.80. The number of imidazole rings is 2. The van der Waals surface area contributed by atoms with Crippen molar-refractivity contribution in [2.45, 2.75) is 24.2 Å². The number of ether oxygens (including phenoxy) is 1. The molecule has 4 rings (SSSR count). The fourth-order valence-electron chi connectivity index (χ4n) is 3.30. The molecule has 29 heavy (non-hydrogen) atoms. The third-order valence-corrected chi connectivity index (χ3v) is 5.48. The van der Waals surface area contributed by atoms with Crippen LogP contribution in [0.25, 0.3) is 0 Å². The van der Waals surface area contributed by atoms with E-state index in [0.29, 0.717) is 18.8 Å². The molecule has 0 bridgehead atoms. The molecule has 1 aliphatic heterocycles. The first-order valence-corrected chi connectivity index (χ1v) is 9.99. The maximum Gasteiger partial charge on any atom is 0.415 e. The normalized spacial score (nSPS) is 15.9. The smallest absolute Gasteiger partial charge is 0.410 e. The lowest BCUT2D eigenvalue weighted by molar-refractivity contribution is -0.0000187. The Kier molecular flexibility index (Phi) is 5.75. The van der Waals surface area contributed by atoms with Crippen molar-refractivity contribution in [1.29, 1.82) is 0 Å². The molecule has 1 aromatic carbocycles. The van der Waals surface area contributed by atoms with Gasteiger partial charge in [-0.2, -0.15) is 17.4 Å². The number of aryl methyl sites for hydroxylation is 1. The summed E-state index contributed by atoms with van der Waals surface area (Å²) in [7, 11) is 1.94. The van der Waals surface area contributed by atoms with Crippen molar-refractivity contribution in [2.24, 2.45) is 7.05 Å². The molecule has 3 aromatic rings. The number of carbonyl (C=O) groups excluding carboxylic acids is 1. The van der Waals surface area contributed by atoms with E-state index in [-0.39, 0.29) is 17.4 Å². The second-order valence-corrected chi connectivity index (χ2v) is 7.47. The van der Waals surface area contributed by atoms with E-state index in [2.05, 4.69) is 22.6 Å². The fourth-order valence-corrected chi connectivity index (χ4v) is 3.72. The molecule has 9 heteroatoms. The Morgan fingerprint density at radius 3 is 2.55 bits per heavy atom. The van der Waals surface area contributed by atoms with Crippen LogP contribution in [0, 0.1) is 0 Å². The number of nitrogens with zero attached hydrogens (tertiary/aromatic N) is 5. The molecule has 8 nitrogen and oxygen atoms in total. The van der Waals surface area contributed by atoms with Crippen LogP contribution < -0.4 is 9.57 Å². The molecule has 0 spiro atoms. The van der Waals surface area contributed by atoms with Crippen molar-refractivity contribution < 1.29 is 14.4 Å². The van der Waals surface area contributed by atoms with E-state index in [1.807, 2.05) is 29.9 Å². The lowest BCUT2D eigenvalue weighted by atomic mass is 10.1. The SMILES string of the molecule is Cn1ccnc1C(S)c1ccc(OC(=O)N2CCC(On3ccnc3)CC2)cc1. The van der Waals surface area contributed by atoms with Crippen LogP contribution in [0.4, 0.5) is 4.79 Å². The van der Waals surface area contributed by atoms with Crippen LogP contribution in [0.3, 0.4) is 0 Å². The molecule has 0 radical (unpaired) electrons. The van der Waals surface area contributed by atoms with Crippen LogP contribution in [0.5, 0.6) is 5.75 Å². The Bertz CT molecular complexity index is 933. The molecule has 1 amide bonds. The van der Waals surface area contributed by atoms with Crippen LogP contribution in [0.15, 0.2) is 55.4 Å². The third-order valence-electron chi connectivity index (χ3n) is 4.96. The van der Waals surface area contributed by atoms with E-state index in [1.54, 1.807) is 46.7 Å². The first-order valence-electron chi connectivity index (χ1n) is 9.47. The highest BCUT2D eigenvalue weighted by atomic mass is 32.1. The van der Waals surface area contributed by atoms with Crippen molar-refractivity contribution in [3.05, 3.63) is 66.8 Å². The highest BCUT2D eigenvalue weighted by Gasteiger charge is 2.25. The number of hydrogen-bond acceptors (Lipinski definition) is 6. The largest absolute Gasteiger partial charge is 0.415 e. The third kappa shape index (κ3) is 4.56. The maximum absolute atomic E-state index is 12.5. The lowest BCUT2D eigenvalue weighted by Gasteiger charge is -2.31. The summed E-state index contributed by atoms with van der Waals surface area (Å²) in [4.78, 5) is 28.2. The number of piperidine rings is 1. The molecular weight excluding hydrogens is 390 g/mol. The quantitative estimate of drug-likeness (QED) is 0.651. The van der Waals surface area contributed by atoms with Gasteiger partial charge in [0, 0.05) is 51.6 Å². The zero-order valence-electron chi connectivity index (χ0n) is 16.1. The molecule has 2 aromatic heterocycles. The standard InChI is InChI=1S/C20H23N5O3S/c1-23-12-9-22-19(23)18(29)15-2-4-16(5-3-15)27-20(26)24-10-6-17(7-11-24)28-25-13-8-21-14-25/h2-5,8-9,12-14,17-18,29H,6-7,10-11H2,1H3. The first kappa shape index (κ1) is 19.4. The predicted octanol–water partition coefficient (Wildman–Crippen LogP) is 2.73. The minimum Gasteiger partial charge on any atom is -0.410 e. The summed E-state index contributed by atoms with van der Waals surface area (Å²) in [5.41, 5.74) is 0.986. The number of likely N-dealkylation sites (tertiary alicyclic amines) is 1. The topological polar surface area (TPSA) is 74.4 Å². The van der Waals surface area contributed by atoms with Gasteiger partial charge >= 0.3 is 6.09 Å². The number of rotatable bonds is 5. The van der Waals surface area contributed by atoms with Gasteiger partial charge in [0.25, 0.3) is 0 Å². The molecule has 152 valence electrons. The molecular formula is C20H23N5O3S. The average Bonchev–Trinajstić information content (AvgIpc) is 3.40. The number of aromatic nitrogens is 4. The molecule has 0 N–H and O–H groups in total. The lowest BCUT2D eigenvalue weighted by Crippen LogP contribution is -2.44. The Hall–Kier alpha value is -2.94. The second kappa shape index (κ2) is 8.60. The summed E-state index contributed by atoms with van der Waals surface area (Å²) < 4.78 is 9.06. The maximum atomic E-state index is 12.5. The van der Waals surface area contributed by atoms with E-state index in [1.165, 1.54) is 0 Å². The van der Waals surface area contributed by atoms with Gasteiger partial charge < -0.3 is 19.0 Å². The van der Waals surface area contributed by atoms with E-state index in [0.717, 1.165) is 24.2 Å². The van der Waals surface area contributed by atoms with Crippen LogP contribution in [-0.4, -0.2) is 49.5 Å². The second-order valence-electron chi connectivity index (χ2n) is 6.95. The van der Waals surface area contributed by atoms with Gasteiger partial charge in [0.05, 0.1) is 11.4 Å². The summed E-state index contributed by atoms with van der Waals surface area (Å²) in [5, 5.41) is -0.144. The molecule has 1 aliphatic rings. The van der Waals surface area contributed by atoms with Gasteiger partial charge in [0.1, 0.15) is 24.0 Å². The Labute approximate surface area is 174 Å². The van der Waals surface area contributed by atoms with Gasteiger partial charge in [0.2, 0.25) is 0 Å². The van der Waals surface area contributed by atoms with Crippen molar-refractivity contribution >= 4 is 18.7 Å². The summed E-state index contributed by atoms with van der Waals surface area (Å²) in [6, 6.07) is 7.38. The monoisotopic (exact) mass is 413 g/mol. The molecule has 1 unspecified atom stereocenters. The molecule has 1 atom stereocenters. The number of hydrogen-bond donors (Lipinski definition) is 1. The van der Waals surface area contributed by atoms with E-state index >= 15 is 0 Å². The fraction of sp³-hybridized carbons (Fsp3) is 0.350. The van der Waals surface area contributed by atoms with Gasteiger partial charge in [-0.05, 0) is 17.7 Å². The predicted molar refractivity (Wildman–Crippen MR) is 110 cm³/mol. The van der Waals surface area contributed by atoms with Gasteiger partial charge in [-0.15, -0.1) is 0 Å². The zero-order chi connectivity index (χ0) is 20.2. The van der Waals surface area contributed by atoms with Gasteiger partial charge in [0.15, 0.2) is 0 Å². The number of amides is 1.